The molecule has 2 aliphatic carbocycles. The van der Waals surface area contributed by atoms with E-state index in [0.29, 0.717) is 35.2 Å². The third-order valence-corrected chi connectivity index (χ3v) is 5.48. The fraction of sp³-hybridized carbons (Fsp3) is 0.471. The Kier molecular flexibility index (Phi) is 4.14. The van der Waals surface area contributed by atoms with Gasteiger partial charge in [-0.1, -0.05) is 18.0 Å². The molecule has 2 aliphatic rings. The lowest BCUT2D eigenvalue weighted by Crippen LogP contribution is -2.41. The van der Waals surface area contributed by atoms with Crippen molar-refractivity contribution in [1.82, 2.24) is 20.2 Å². The van der Waals surface area contributed by atoms with Crippen molar-refractivity contribution >= 4 is 29.2 Å². The number of tetrazole rings is 1. The highest BCUT2D eigenvalue weighted by Crippen LogP contribution is 2.44. The summed E-state index contributed by atoms with van der Waals surface area (Å²) in [6.45, 7) is 0. The van der Waals surface area contributed by atoms with Crippen molar-refractivity contribution in [3.05, 3.63) is 29.0 Å². The zero-order chi connectivity index (χ0) is 18.3. The molecule has 1 amide bonds. The molecule has 1 aromatic carbocycles. The maximum atomic E-state index is 12.3. The second-order valence-corrected chi connectivity index (χ2v) is 7.46. The third kappa shape index (κ3) is 3.05. The molecule has 1 heterocycles. The van der Waals surface area contributed by atoms with E-state index in [1.54, 1.807) is 22.9 Å². The number of aliphatic carboxylic acids is 1. The number of halogens is 1. The van der Waals surface area contributed by atoms with Crippen LogP contribution >= 0.6 is 11.6 Å². The number of hydrogen-bond donors (Lipinski definition) is 2. The summed E-state index contributed by atoms with van der Waals surface area (Å²) < 4.78 is 1.60. The number of rotatable bonds is 6. The molecule has 0 spiro atoms. The highest BCUT2D eigenvalue weighted by molar-refractivity contribution is 6.32. The Bertz CT molecular complexity index is 873. The average Bonchev–Trinajstić information content (AvgIpc) is 3.30. The van der Waals surface area contributed by atoms with E-state index in [-0.39, 0.29) is 12.3 Å². The van der Waals surface area contributed by atoms with Gasteiger partial charge in [0.2, 0.25) is 5.91 Å². The number of carbonyl (C=O) groups is 2. The van der Waals surface area contributed by atoms with Gasteiger partial charge in [0.1, 0.15) is 0 Å². The molecule has 1 aromatic heterocycles. The molecule has 4 rings (SSSR count). The molecular formula is C17H18ClN5O3. The Morgan fingerprint density at radius 2 is 2.12 bits per heavy atom. The van der Waals surface area contributed by atoms with E-state index in [4.69, 9.17) is 11.6 Å². The van der Waals surface area contributed by atoms with Crippen LogP contribution in [-0.4, -0.2) is 37.2 Å². The Morgan fingerprint density at radius 3 is 2.73 bits per heavy atom. The van der Waals surface area contributed by atoms with Gasteiger partial charge in [-0.15, -0.1) is 5.10 Å². The van der Waals surface area contributed by atoms with Crippen LogP contribution in [0.15, 0.2) is 18.2 Å². The molecule has 0 radical (unpaired) electrons. The van der Waals surface area contributed by atoms with E-state index in [0.717, 1.165) is 25.1 Å². The molecule has 8 nitrogen and oxygen atoms in total. The average molecular weight is 376 g/mol. The summed E-state index contributed by atoms with van der Waals surface area (Å²) in [5.74, 6) is -0.124. The van der Waals surface area contributed by atoms with E-state index in [1.807, 2.05) is 0 Å². The van der Waals surface area contributed by atoms with Crippen LogP contribution in [0.5, 0.6) is 0 Å². The van der Waals surface area contributed by atoms with Gasteiger partial charge in [0, 0.05) is 18.0 Å². The van der Waals surface area contributed by atoms with Crippen molar-refractivity contribution in [2.45, 2.75) is 44.4 Å². The van der Waals surface area contributed by atoms with Crippen LogP contribution in [0.25, 0.3) is 5.69 Å². The standard InChI is InChI=1S/C17H18ClN5O3/c18-12-5-4-11(19-14(24)9-17(16(25)26)6-1-7-17)8-13(12)23-15(10-2-3-10)20-21-22-23/h4-5,8,10H,1-3,6-7,9H2,(H,19,24)(H,25,26). The van der Waals surface area contributed by atoms with Crippen molar-refractivity contribution in [2.75, 3.05) is 5.32 Å². The highest BCUT2D eigenvalue weighted by Gasteiger charge is 2.45. The molecule has 26 heavy (non-hydrogen) atoms. The topological polar surface area (TPSA) is 110 Å². The first-order valence-electron chi connectivity index (χ1n) is 8.60. The lowest BCUT2D eigenvalue weighted by molar-refractivity contribution is -0.157. The lowest BCUT2D eigenvalue weighted by Gasteiger charge is -2.36. The fourth-order valence-corrected chi connectivity index (χ4v) is 3.49. The maximum absolute atomic E-state index is 12.3. The van der Waals surface area contributed by atoms with Crippen LogP contribution in [-0.2, 0) is 9.59 Å². The van der Waals surface area contributed by atoms with E-state index >= 15 is 0 Å². The highest BCUT2D eigenvalue weighted by atomic mass is 35.5. The van der Waals surface area contributed by atoms with Gasteiger partial charge in [-0.2, -0.15) is 4.68 Å². The molecule has 9 heteroatoms. The summed E-state index contributed by atoms with van der Waals surface area (Å²) >= 11 is 6.29. The summed E-state index contributed by atoms with van der Waals surface area (Å²) in [5, 5.41) is 24.4. The smallest absolute Gasteiger partial charge is 0.310 e. The van der Waals surface area contributed by atoms with Crippen LogP contribution in [0, 0.1) is 5.41 Å². The largest absolute Gasteiger partial charge is 0.481 e. The number of nitrogens with one attached hydrogen (secondary N) is 1. The van der Waals surface area contributed by atoms with Gasteiger partial charge in [0.05, 0.1) is 16.1 Å². The van der Waals surface area contributed by atoms with Gasteiger partial charge in [0.25, 0.3) is 0 Å². The van der Waals surface area contributed by atoms with Gasteiger partial charge < -0.3 is 10.4 Å². The quantitative estimate of drug-likeness (QED) is 0.803. The van der Waals surface area contributed by atoms with Gasteiger partial charge >= 0.3 is 5.97 Å². The summed E-state index contributed by atoms with van der Waals surface area (Å²) in [6, 6.07) is 5.05. The van der Waals surface area contributed by atoms with Gasteiger partial charge in [-0.05, 0) is 54.3 Å². The summed E-state index contributed by atoms with van der Waals surface area (Å²) in [5.41, 5.74) is 0.202. The van der Waals surface area contributed by atoms with E-state index in [1.165, 1.54) is 0 Å². The summed E-state index contributed by atoms with van der Waals surface area (Å²) in [7, 11) is 0. The van der Waals surface area contributed by atoms with Crippen LogP contribution in [0.4, 0.5) is 5.69 Å². The number of carbonyl (C=O) groups excluding carboxylic acids is 1. The number of benzene rings is 1. The number of carboxylic acids is 1. The number of carboxylic acid groups (broad SMARTS) is 1. The van der Waals surface area contributed by atoms with Gasteiger partial charge in [-0.25, -0.2) is 0 Å². The second-order valence-electron chi connectivity index (χ2n) is 7.05. The molecule has 0 atom stereocenters. The fourth-order valence-electron chi connectivity index (χ4n) is 3.30. The van der Waals surface area contributed by atoms with Crippen molar-refractivity contribution in [2.24, 2.45) is 5.41 Å². The molecule has 2 saturated carbocycles. The molecule has 136 valence electrons. The minimum absolute atomic E-state index is 0.0293. The van der Waals surface area contributed by atoms with Crippen molar-refractivity contribution in [3.63, 3.8) is 0 Å². The van der Waals surface area contributed by atoms with Crippen LogP contribution in [0.3, 0.4) is 0 Å². The molecule has 2 fully saturated rings. The predicted octanol–water partition coefficient (Wildman–Crippen LogP) is 2.78. The minimum Gasteiger partial charge on any atom is -0.481 e. The Hall–Kier alpha value is -2.48. The number of amides is 1. The first-order chi connectivity index (χ1) is 12.5. The van der Waals surface area contributed by atoms with E-state index in [9.17, 15) is 14.7 Å². The van der Waals surface area contributed by atoms with E-state index in [2.05, 4.69) is 20.8 Å². The third-order valence-electron chi connectivity index (χ3n) is 5.16. The normalized spacial score (nSPS) is 18.2. The predicted molar refractivity (Wildman–Crippen MR) is 93.3 cm³/mol. The molecule has 2 N–H and O–H groups in total. The number of aromatic nitrogens is 4. The van der Waals surface area contributed by atoms with Crippen LogP contribution in [0.2, 0.25) is 5.02 Å². The number of anilines is 1. The SMILES string of the molecule is O=C(CC1(C(=O)O)CCC1)Nc1ccc(Cl)c(-n2nnnc2C2CC2)c1. The van der Waals surface area contributed by atoms with Gasteiger partial charge in [-0.3, -0.25) is 9.59 Å². The van der Waals surface area contributed by atoms with Crippen molar-refractivity contribution < 1.29 is 14.7 Å². The van der Waals surface area contributed by atoms with E-state index < -0.39 is 11.4 Å². The second kappa shape index (κ2) is 6.35. The summed E-state index contributed by atoms with van der Waals surface area (Å²) in [4.78, 5) is 23.8. The molecule has 0 saturated heterocycles. The Labute approximate surface area is 154 Å². The number of hydrogen-bond acceptors (Lipinski definition) is 5. The lowest BCUT2D eigenvalue weighted by atomic mass is 9.66. The zero-order valence-corrected chi connectivity index (χ0v) is 14.7. The maximum Gasteiger partial charge on any atom is 0.310 e. The Morgan fingerprint density at radius 1 is 1.35 bits per heavy atom. The molecular weight excluding hydrogens is 358 g/mol. The molecule has 0 bridgehead atoms. The first kappa shape index (κ1) is 17.0. The van der Waals surface area contributed by atoms with Gasteiger partial charge in [0.15, 0.2) is 5.82 Å². The molecule has 0 unspecified atom stereocenters. The number of nitrogens with zero attached hydrogens (tertiary/aromatic N) is 4. The van der Waals surface area contributed by atoms with Crippen LogP contribution < -0.4 is 5.32 Å². The molecule has 2 aromatic rings. The summed E-state index contributed by atoms with van der Waals surface area (Å²) in [6.07, 6.45) is 3.98. The molecule has 0 aliphatic heterocycles. The van der Waals surface area contributed by atoms with Crippen molar-refractivity contribution in [1.29, 1.82) is 0 Å². The van der Waals surface area contributed by atoms with Crippen molar-refractivity contribution in [3.8, 4) is 5.69 Å². The monoisotopic (exact) mass is 375 g/mol. The Balaban J connectivity index is 1.53. The van der Waals surface area contributed by atoms with Crippen LogP contribution in [0.1, 0.15) is 50.3 Å². The zero-order valence-electron chi connectivity index (χ0n) is 14.0. The minimum atomic E-state index is -0.922. The first-order valence-corrected chi connectivity index (χ1v) is 8.98.